The van der Waals surface area contributed by atoms with Gasteiger partial charge in [-0.15, -0.1) is 0 Å². The molecular formula is C15H24N2O. The Hall–Kier alpha value is -1.06. The Morgan fingerprint density at radius 3 is 2.94 bits per heavy atom. The van der Waals surface area contributed by atoms with Gasteiger partial charge in [0.25, 0.3) is 0 Å². The fourth-order valence-electron chi connectivity index (χ4n) is 2.52. The highest BCUT2D eigenvalue weighted by atomic mass is 16.3. The maximum absolute atomic E-state index is 9.73. The molecule has 18 heavy (non-hydrogen) atoms. The summed E-state index contributed by atoms with van der Waals surface area (Å²) in [6, 6.07) is 6.62. The van der Waals surface area contributed by atoms with Gasteiger partial charge in [-0.05, 0) is 49.6 Å². The van der Waals surface area contributed by atoms with E-state index in [0.717, 1.165) is 39.0 Å². The highest BCUT2D eigenvalue weighted by Gasteiger charge is 2.18. The van der Waals surface area contributed by atoms with Crippen molar-refractivity contribution >= 4 is 5.69 Å². The second-order valence-electron chi connectivity index (χ2n) is 5.13. The second-order valence-corrected chi connectivity index (χ2v) is 5.13. The number of nitrogens with one attached hydrogen (secondary N) is 1. The fourth-order valence-corrected chi connectivity index (χ4v) is 2.52. The molecule has 1 heterocycles. The molecule has 3 heteroatoms. The Bertz CT molecular complexity index is 392. The maximum Gasteiger partial charge on any atom is 0.0715 e. The molecule has 0 bridgehead atoms. The van der Waals surface area contributed by atoms with E-state index >= 15 is 0 Å². The number of aryl methyl sites for hydroxylation is 1. The average molecular weight is 248 g/mol. The smallest absolute Gasteiger partial charge is 0.0715 e. The summed E-state index contributed by atoms with van der Waals surface area (Å²) in [7, 11) is 0. The van der Waals surface area contributed by atoms with Gasteiger partial charge in [-0.2, -0.15) is 0 Å². The average Bonchev–Trinajstić information content (AvgIpc) is 2.37. The molecule has 0 radical (unpaired) electrons. The van der Waals surface area contributed by atoms with Crippen LogP contribution in [0.2, 0.25) is 0 Å². The van der Waals surface area contributed by atoms with Gasteiger partial charge in [-0.3, -0.25) is 0 Å². The number of aliphatic hydroxyl groups is 1. The number of β-amino-alcohol motifs (C(OH)–C–C–N with tert-alkyl or cyclic N) is 1. The van der Waals surface area contributed by atoms with Crippen molar-refractivity contribution in [2.24, 2.45) is 0 Å². The first-order valence-corrected chi connectivity index (χ1v) is 6.94. The van der Waals surface area contributed by atoms with Crippen LogP contribution in [-0.4, -0.2) is 30.8 Å². The van der Waals surface area contributed by atoms with Crippen LogP contribution in [0.5, 0.6) is 0 Å². The Kier molecular flexibility index (Phi) is 4.61. The van der Waals surface area contributed by atoms with Gasteiger partial charge in [0.05, 0.1) is 6.10 Å². The molecule has 2 N–H and O–H groups in total. The van der Waals surface area contributed by atoms with Crippen molar-refractivity contribution in [3.8, 4) is 0 Å². The summed E-state index contributed by atoms with van der Waals surface area (Å²) in [6.45, 7) is 8.05. The molecule has 1 aliphatic heterocycles. The first-order valence-electron chi connectivity index (χ1n) is 6.94. The summed E-state index contributed by atoms with van der Waals surface area (Å²) >= 11 is 0. The Balaban J connectivity index is 2.07. The van der Waals surface area contributed by atoms with Crippen LogP contribution in [0.15, 0.2) is 18.2 Å². The SMILES string of the molecule is CCNCc1ccc(N2CCCC(O)C2)cc1C. The highest BCUT2D eigenvalue weighted by Crippen LogP contribution is 2.23. The standard InChI is InChI=1S/C15H24N2O/c1-3-16-10-13-6-7-14(9-12(13)2)17-8-4-5-15(18)11-17/h6-7,9,15-16,18H,3-5,8,10-11H2,1-2H3. The fraction of sp³-hybridized carbons (Fsp3) is 0.600. The van der Waals surface area contributed by atoms with Crippen molar-refractivity contribution in [2.75, 3.05) is 24.5 Å². The molecule has 0 aliphatic carbocycles. The summed E-state index contributed by atoms with van der Waals surface area (Å²) in [4.78, 5) is 2.29. The molecular weight excluding hydrogens is 224 g/mol. The summed E-state index contributed by atoms with van der Waals surface area (Å²) in [5.41, 5.74) is 3.93. The number of aliphatic hydroxyl groups excluding tert-OH is 1. The van der Waals surface area contributed by atoms with E-state index in [1.165, 1.54) is 16.8 Å². The summed E-state index contributed by atoms with van der Waals surface area (Å²) in [5.74, 6) is 0. The van der Waals surface area contributed by atoms with Gasteiger partial charge in [-0.1, -0.05) is 13.0 Å². The Labute approximate surface area is 110 Å². The number of nitrogens with zero attached hydrogens (tertiary/aromatic N) is 1. The molecule has 0 aromatic heterocycles. The van der Waals surface area contributed by atoms with Gasteiger partial charge in [0.15, 0.2) is 0 Å². The zero-order chi connectivity index (χ0) is 13.0. The van der Waals surface area contributed by atoms with Crippen molar-refractivity contribution in [1.29, 1.82) is 0 Å². The zero-order valence-corrected chi connectivity index (χ0v) is 11.4. The molecule has 1 unspecified atom stereocenters. The normalized spacial score (nSPS) is 20.2. The van der Waals surface area contributed by atoms with E-state index in [-0.39, 0.29) is 6.10 Å². The van der Waals surface area contributed by atoms with Crippen LogP contribution in [0.25, 0.3) is 0 Å². The molecule has 1 atom stereocenters. The van der Waals surface area contributed by atoms with Crippen molar-refractivity contribution in [3.05, 3.63) is 29.3 Å². The van der Waals surface area contributed by atoms with Crippen LogP contribution in [-0.2, 0) is 6.54 Å². The third-order valence-corrected chi connectivity index (χ3v) is 3.65. The molecule has 1 fully saturated rings. The second kappa shape index (κ2) is 6.21. The van der Waals surface area contributed by atoms with Crippen molar-refractivity contribution in [2.45, 2.75) is 39.3 Å². The predicted octanol–water partition coefficient (Wildman–Crippen LogP) is 2.07. The molecule has 1 saturated heterocycles. The number of anilines is 1. The quantitative estimate of drug-likeness (QED) is 0.856. The number of hydrogen-bond donors (Lipinski definition) is 2. The van der Waals surface area contributed by atoms with Gasteiger partial charge in [-0.25, -0.2) is 0 Å². The number of piperidine rings is 1. The van der Waals surface area contributed by atoms with E-state index in [4.69, 9.17) is 0 Å². The van der Waals surface area contributed by atoms with Crippen molar-refractivity contribution < 1.29 is 5.11 Å². The van der Waals surface area contributed by atoms with Gasteiger partial charge in [0, 0.05) is 25.3 Å². The van der Waals surface area contributed by atoms with Crippen molar-refractivity contribution in [1.82, 2.24) is 5.32 Å². The first kappa shape index (κ1) is 13.4. The molecule has 1 aliphatic rings. The van der Waals surface area contributed by atoms with E-state index in [1.54, 1.807) is 0 Å². The molecule has 0 saturated carbocycles. The van der Waals surface area contributed by atoms with E-state index in [0.29, 0.717) is 0 Å². The topological polar surface area (TPSA) is 35.5 Å². The minimum atomic E-state index is -0.166. The lowest BCUT2D eigenvalue weighted by molar-refractivity contribution is 0.154. The molecule has 1 aromatic rings. The highest BCUT2D eigenvalue weighted by molar-refractivity contribution is 5.51. The molecule has 1 aromatic carbocycles. The molecule has 100 valence electrons. The lowest BCUT2D eigenvalue weighted by Crippen LogP contribution is -2.38. The van der Waals surface area contributed by atoms with E-state index in [2.05, 4.69) is 42.3 Å². The van der Waals surface area contributed by atoms with E-state index in [9.17, 15) is 5.11 Å². The van der Waals surface area contributed by atoms with Crippen LogP contribution < -0.4 is 10.2 Å². The minimum Gasteiger partial charge on any atom is -0.391 e. The summed E-state index contributed by atoms with van der Waals surface area (Å²) in [5, 5.41) is 13.1. The lowest BCUT2D eigenvalue weighted by Gasteiger charge is -2.32. The maximum atomic E-state index is 9.73. The molecule has 0 spiro atoms. The molecule has 2 rings (SSSR count). The minimum absolute atomic E-state index is 0.166. The van der Waals surface area contributed by atoms with Gasteiger partial charge >= 0.3 is 0 Å². The lowest BCUT2D eigenvalue weighted by atomic mass is 10.0. The van der Waals surface area contributed by atoms with Crippen LogP contribution in [0.4, 0.5) is 5.69 Å². The summed E-state index contributed by atoms with van der Waals surface area (Å²) in [6.07, 6.45) is 1.85. The number of hydrogen-bond acceptors (Lipinski definition) is 3. The molecule has 0 amide bonds. The van der Waals surface area contributed by atoms with E-state index in [1.807, 2.05) is 0 Å². The van der Waals surface area contributed by atoms with E-state index < -0.39 is 0 Å². The largest absolute Gasteiger partial charge is 0.391 e. The van der Waals surface area contributed by atoms with Crippen molar-refractivity contribution in [3.63, 3.8) is 0 Å². The summed E-state index contributed by atoms with van der Waals surface area (Å²) < 4.78 is 0. The number of rotatable bonds is 4. The van der Waals surface area contributed by atoms with Gasteiger partial charge < -0.3 is 15.3 Å². The number of benzene rings is 1. The Morgan fingerprint density at radius 2 is 2.28 bits per heavy atom. The zero-order valence-electron chi connectivity index (χ0n) is 11.4. The van der Waals surface area contributed by atoms with Crippen LogP contribution in [0.1, 0.15) is 30.9 Å². The van der Waals surface area contributed by atoms with Crippen LogP contribution >= 0.6 is 0 Å². The monoisotopic (exact) mass is 248 g/mol. The van der Waals surface area contributed by atoms with Crippen LogP contribution in [0, 0.1) is 6.92 Å². The third-order valence-electron chi connectivity index (χ3n) is 3.65. The van der Waals surface area contributed by atoms with Gasteiger partial charge in [0.2, 0.25) is 0 Å². The predicted molar refractivity (Wildman–Crippen MR) is 76.0 cm³/mol. The molecule has 3 nitrogen and oxygen atoms in total. The Morgan fingerprint density at radius 1 is 1.44 bits per heavy atom. The van der Waals surface area contributed by atoms with Crippen LogP contribution in [0.3, 0.4) is 0 Å². The van der Waals surface area contributed by atoms with Gasteiger partial charge in [0.1, 0.15) is 0 Å². The third kappa shape index (κ3) is 3.24. The first-order chi connectivity index (χ1) is 8.70.